The number of rotatable bonds is 5. The van der Waals surface area contributed by atoms with Gasteiger partial charge >= 0.3 is 5.97 Å². The molecule has 2 aromatic rings. The summed E-state index contributed by atoms with van der Waals surface area (Å²) in [5.74, 6) is -1.50. The SMILES string of the molecule is NC(=O)c1c(C(=O)O)ccc2c1CC(Nc1ccc([N+](=O)[O-])cn1)CC2. The molecule has 1 heterocycles. The number of carbonyl (C=O) groups is 2. The third-order valence-electron chi connectivity index (χ3n) is 4.41. The molecule has 26 heavy (non-hydrogen) atoms. The van der Waals surface area contributed by atoms with E-state index in [2.05, 4.69) is 10.3 Å². The third-order valence-corrected chi connectivity index (χ3v) is 4.41. The van der Waals surface area contributed by atoms with Crippen LogP contribution in [0.4, 0.5) is 11.5 Å². The monoisotopic (exact) mass is 356 g/mol. The van der Waals surface area contributed by atoms with Gasteiger partial charge in [0, 0.05) is 12.1 Å². The van der Waals surface area contributed by atoms with E-state index in [0.29, 0.717) is 24.2 Å². The maximum atomic E-state index is 11.8. The molecule has 9 nitrogen and oxygen atoms in total. The van der Waals surface area contributed by atoms with Crippen molar-refractivity contribution < 1.29 is 19.6 Å². The van der Waals surface area contributed by atoms with Crippen molar-refractivity contribution in [2.24, 2.45) is 5.73 Å². The summed E-state index contributed by atoms with van der Waals surface area (Å²) in [4.78, 5) is 37.4. The Morgan fingerprint density at radius 3 is 2.65 bits per heavy atom. The van der Waals surface area contributed by atoms with Crippen LogP contribution >= 0.6 is 0 Å². The van der Waals surface area contributed by atoms with E-state index >= 15 is 0 Å². The number of fused-ring (bicyclic) bond motifs is 1. The van der Waals surface area contributed by atoms with Gasteiger partial charge in [-0.3, -0.25) is 14.9 Å². The number of benzene rings is 1. The number of hydrogen-bond acceptors (Lipinski definition) is 6. The fraction of sp³-hybridized carbons (Fsp3) is 0.235. The quantitative estimate of drug-likeness (QED) is 0.546. The third kappa shape index (κ3) is 3.32. The number of hydrogen-bond donors (Lipinski definition) is 3. The van der Waals surface area contributed by atoms with Crippen LogP contribution in [-0.2, 0) is 12.8 Å². The van der Waals surface area contributed by atoms with Crippen molar-refractivity contribution in [2.75, 3.05) is 5.32 Å². The summed E-state index contributed by atoms with van der Waals surface area (Å²) in [7, 11) is 0. The minimum absolute atomic E-state index is 0.0400. The zero-order chi connectivity index (χ0) is 18.8. The number of primary amides is 1. The molecular formula is C17H16N4O5. The van der Waals surface area contributed by atoms with Gasteiger partial charge in [-0.15, -0.1) is 0 Å². The van der Waals surface area contributed by atoms with Crippen molar-refractivity contribution in [3.05, 3.63) is 62.8 Å². The first-order valence-corrected chi connectivity index (χ1v) is 7.91. The van der Waals surface area contributed by atoms with E-state index in [9.17, 15) is 24.8 Å². The van der Waals surface area contributed by atoms with Gasteiger partial charge in [-0.05, 0) is 42.5 Å². The van der Waals surface area contributed by atoms with Gasteiger partial charge < -0.3 is 16.2 Å². The highest BCUT2D eigenvalue weighted by Gasteiger charge is 2.27. The summed E-state index contributed by atoms with van der Waals surface area (Å²) in [5.41, 5.74) is 6.78. The van der Waals surface area contributed by atoms with Crippen LogP contribution in [0.15, 0.2) is 30.5 Å². The molecule has 134 valence electrons. The van der Waals surface area contributed by atoms with Crippen LogP contribution in [0.3, 0.4) is 0 Å². The number of aromatic carboxylic acids is 1. The van der Waals surface area contributed by atoms with Crippen LogP contribution in [0.1, 0.15) is 38.3 Å². The van der Waals surface area contributed by atoms with E-state index in [1.807, 2.05) is 0 Å². The van der Waals surface area contributed by atoms with Gasteiger partial charge in [-0.1, -0.05) is 6.07 Å². The molecule has 1 aliphatic rings. The summed E-state index contributed by atoms with van der Waals surface area (Å²) in [5, 5.41) is 23.2. The maximum absolute atomic E-state index is 11.8. The molecule has 1 atom stereocenters. The molecular weight excluding hydrogens is 340 g/mol. The zero-order valence-electron chi connectivity index (χ0n) is 13.6. The summed E-state index contributed by atoms with van der Waals surface area (Å²) >= 11 is 0. The number of carboxylic acids is 1. The molecule has 3 rings (SSSR count). The number of carbonyl (C=O) groups excluding carboxylic acids is 1. The first kappa shape index (κ1) is 17.3. The lowest BCUT2D eigenvalue weighted by Gasteiger charge is -2.27. The lowest BCUT2D eigenvalue weighted by molar-refractivity contribution is -0.385. The smallest absolute Gasteiger partial charge is 0.336 e. The number of nitrogens with two attached hydrogens (primary N) is 1. The van der Waals surface area contributed by atoms with Crippen LogP contribution in [-0.4, -0.2) is 32.9 Å². The highest BCUT2D eigenvalue weighted by Crippen LogP contribution is 2.29. The number of aromatic nitrogens is 1. The fourth-order valence-corrected chi connectivity index (χ4v) is 3.21. The van der Waals surface area contributed by atoms with E-state index in [4.69, 9.17) is 5.73 Å². The highest BCUT2D eigenvalue weighted by atomic mass is 16.6. The molecule has 1 unspecified atom stereocenters. The number of aryl methyl sites for hydroxylation is 1. The van der Waals surface area contributed by atoms with Crippen molar-refractivity contribution in [1.29, 1.82) is 0 Å². The topological polar surface area (TPSA) is 148 Å². The Kier molecular flexibility index (Phi) is 4.53. The molecule has 1 amide bonds. The Labute approximate surface area is 148 Å². The average Bonchev–Trinajstić information content (AvgIpc) is 2.60. The summed E-state index contributed by atoms with van der Waals surface area (Å²) in [6.07, 6.45) is 2.97. The highest BCUT2D eigenvalue weighted by molar-refractivity contribution is 6.05. The van der Waals surface area contributed by atoms with Crippen LogP contribution in [0.2, 0.25) is 0 Å². The molecule has 1 aromatic heterocycles. The number of carboxylic acid groups (broad SMARTS) is 1. The molecule has 4 N–H and O–H groups in total. The second-order valence-electron chi connectivity index (χ2n) is 6.04. The number of nitro groups is 1. The number of nitrogens with one attached hydrogen (secondary N) is 1. The maximum Gasteiger partial charge on any atom is 0.336 e. The fourth-order valence-electron chi connectivity index (χ4n) is 3.21. The van der Waals surface area contributed by atoms with Crippen molar-refractivity contribution in [2.45, 2.75) is 25.3 Å². The van der Waals surface area contributed by atoms with Gasteiger partial charge in [0.1, 0.15) is 12.0 Å². The predicted molar refractivity (Wildman–Crippen MR) is 92.2 cm³/mol. The normalized spacial score (nSPS) is 15.8. The van der Waals surface area contributed by atoms with E-state index in [0.717, 1.165) is 18.2 Å². The summed E-state index contributed by atoms with van der Waals surface area (Å²) < 4.78 is 0. The standard InChI is InChI=1S/C17H16N4O5/c18-16(22)15-12(17(23)24)5-2-9-1-3-10(7-13(9)15)20-14-6-4-11(8-19-14)21(25)26/h2,4-6,8,10H,1,3,7H2,(H2,18,22)(H,19,20)(H,23,24). The van der Waals surface area contributed by atoms with Crippen molar-refractivity contribution >= 4 is 23.4 Å². The van der Waals surface area contributed by atoms with E-state index in [1.54, 1.807) is 6.07 Å². The van der Waals surface area contributed by atoms with Crippen LogP contribution in [0.5, 0.6) is 0 Å². The lowest BCUT2D eigenvalue weighted by Crippen LogP contribution is -2.31. The van der Waals surface area contributed by atoms with Gasteiger partial charge in [-0.2, -0.15) is 0 Å². The van der Waals surface area contributed by atoms with Crippen LogP contribution in [0.25, 0.3) is 0 Å². The lowest BCUT2D eigenvalue weighted by atomic mass is 9.83. The molecule has 0 radical (unpaired) electrons. The molecule has 0 saturated heterocycles. The second-order valence-corrected chi connectivity index (χ2v) is 6.04. The molecule has 0 spiro atoms. The first-order valence-electron chi connectivity index (χ1n) is 7.91. The molecule has 0 fully saturated rings. The molecule has 1 aromatic carbocycles. The van der Waals surface area contributed by atoms with Gasteiger partial charge in [0.2, 0.25) is 5.91 Å². The number of anilines is 1. The molecule has 0 aliphatic heterocycles. The Balaban J connectivity index is 1.86. The Morgan fingerprint density at radius 2 is 2.08 bits per heavy atom. The van der Waals surface area contributed by atoms with Crippen LogP contribution in [0, 0.1) is 10.1 Å². The minimum atomic E-state index is -1.20. The van der Waals surface area contributed by atoms with Crippen molar-refractivity contribution in [1.82, 2.24) is 4.98 Å². The predicted octanol–water partition coefficient (Wildman–Crippen LogP) is 1.76. The van der Waals surface area contributed by atoms with E-state index in [1.165, 1.54) is 18.2 Å². The first-order chi connectivity index (χ1) is 12.4. The Bertz CT molecular complexity index is 895. The zero-order valence-corrected chi connectivity index (χ0v) is 13.6. The van der Waals surface area contributed by atoms with E-state index in [-0.39, 0.29) is 22.9 Å². The Morgan fingerprint density at radius 1 is 1.31 bits per heavy atom. The molecule has 0 saturated carbocycles. The average molecular weight is 356 g/mol. The molecule has 0 bridgehead atoms. The van der Waals surface area contributed by atoms with Crippen molar-refractivity contribution in [3.63, 3.8) is 0 Å². The van der Waals surface area contributed by atoms with Gasteiger partial charge in [0.15, 0.2) is 0 Å². The molecule has 9 heteroatoms. The number of amides is 1. The van der Waals surface area contributed by atoms with Crippen LogP contribution < -0.4 is 11.1 Å². The van der Waals surface area contributed by atoms with Gasteiger partial charge in [0.25, 0.3) is 5.69 Å². The van der Waals surface area contributed by atoms with Gasteiger partial charge in [-0.25, -0.2) is 9.78 Å². The minimum Gasteiger partial charge on any atom is -0.478 e. The number of nitrogens with zero attached hydrogens (tertiary/aromatic N) is 2. The largest absolute Gasteiger partial charge is 0.478 e. The summed E-state index contributed by atoms with van der Waals surface area (Å²) in [6, 6.07) is 5.89. The Hall–Kier alpha value is -3.49. The van der Waals surface area contributed by atoms with Crippen molar-refractivity contribution in [3.8, 4) is 0 Å². The number of pyridine rings is 1. The second kappa shape index (κ2) is 6.79. The molecule has 1 aliphatic carbocycles. The van der Waals surface area contributed by atoms with Gasteiger partial charge in [0.05, 0.1) is 16.1 Å². The summed E-state index contributed by atoms with van der Waals surface area (Å²) in [6.45, 7) is 0. The van der Waals surface area contributed by atoms with E-state index < -0.39 is 16.8 Å².